The number of nitrogens with zero attached hydrogens (tertiary/aromatic N) is 3. The van der Waals surface area contributed by atoms with Crippen LogP contribution in [0.25, 0.3) is 16.3 Å². The Morgan fingerprint density at radius 1 is 1.15 bits per heavy atom. The van der Waals surface area contributed by atoms with Gasteiger partial charge in [-0.1, -0.05) is 6.07 Å². The van der Waals surface area contributed by atoms with Gasteiger partial charge in [0.1, 0.15) is 16.5 Å². The molecule has 0 aliphatic heterocycles. The van der Waals surface area contributed by atoms with Crippen molar-refractivity contribution in [2.45, 2.75) is 0 Å². The largest absolute Gasteiger partial charge is 0.497 e. The van der Waals surface area contributed by atoms with E-state index < -0.39 is 0 Å². The lowest BCUT2D eigenvalue weighted by atomic mass is 10.2. The fourth-order valence-corrected chi connectivity index (χ4v) is 3.39. The normalized spacial score (nSPS) is 10.6. The fourth-order valence-electron chi connectivity index (χ4n) is 2.59. The van der Waals surface area contributed by atoms with Crippen LogP contribution in [0, 0.1) is 0 Å². The number of aromatic nitrogens is 3. The monoisotopic (exact) mass is 376 g/mol. The Balaban J connectivity index is 1.50. The number of hydrogen-bond acceptors (Lipinski definition) is 5. The van der Waals surface area contributed by atoms with E-state index >= 15 is 0 Å². The highest BCUT2D eigenvalue weighted by atomic mass is 32.1. The van der Waals surface area contributed by atoms with Gasteiger partial charge in [-0.3, -0.25) is 4.79 Å². The van der Waals surface area contributed by atoms with Gasteiger partial charge in [0.05, 0.1) is 12.8 Å². The molecule has 0 saturated carbocycles. The molecule has 0 unspecified atom stereocenters. The number of nitrogens with one attached hydrogen (secondary N) is 1. The third-order valence-electron chi connectivity index (χ3n) is 3.95. The average Bonchev–Trinajstić information content (AvgIpc) is 3.40. The maximum atomic E-state index is 12.5. The van der Waals surface area contributed by atoms with Gasteiger partial charge in [0.15, 0.2) is 0 Å². The van der Waals surface area contributed by atoms with Crippen molar-refractivity contribution >= 4 is 22.9 Å². The smallest absolute Gasteiger partial charge is 0.275 e. The van der Waals surface area contributed by atoms with Crippen molar-refractivity contribution in [1.82, 2.24) is 14.8 Å². The second-order valence-corrected chi connectivity index (χ2v) is 6.58. The first-order valence-corrected chi connectivity index (χ1v) is 9.12. The first kappa shape index (κ1) is 17.0. The maximum absolute atomic E-state index is 12.5. The number of carbonyl (C=O) groups is 1. The molecule has 1 N–H and O–H groups in total. The van der Waals surface area contributed by atoms with Gasteiger partial charge in [0.2, 0.25) is 0 Å². The summed E-state index contributed by atoms with van der Waals surface area (Å²) in [6.07, 6.45) is 3.56. The van der Waals surface area contributed by atoms with Gasteiger partial charge in [-0.2, -0.15) is 5.10 Å². The Labute approximate surface area is 160 Å². The summed E-state index contributed by atoms with van der Waals surface area (Å²) in [4.78, 5) is 17.0. The van der Waals surface area contributed by atoms with E-state index in [-0.39, 0.29) is 5.91 Å². The van der Waals surface area contributed by atoms with E-state index in [2.05, 4.69) is 15.4 Å². The molecule has 4 aromatic rings. The molecule has 2 aromatic heterocycles. The standard InChI is InChI=1S/C20H16N4O2S/c1-26-17-8-6-14(7-9-17)20-23-18(13-27-20)19(25)22-15-4-2-5-16(12-15)24-11-3-10-21-24/h2-13H,1H3,(H,22,25). The summed E-state index contributed by atoms with van der Waals surface area (Å²) in [7, 11) is 1.63. The van der Waals surface area contributed by atoms with Crippen LogP contribution in [0.1, 0.15) is 10.5 Å². The molecule has 0 atom stereocenters. The Bertz CT molecular complexity index is 1060. The van der Waals surface area contributed by atoms with Crippen LogP contribution in [-0.4, -0.2) is 27.8 Å². The maximum Gasteiger partial charge on any atom is 0.275 e. The van der Waals surface area contributed by atoms with Crippen molar-refractivity contribution in [2.24, 2.45) is 0 Å². The zero-order valence-corrected chi connectivity index (χ0v) is 15.3. The van der Waals surface area contributed by atoms with E-state index in [1.807, 2.05) is 60.8 Å². The van der Waals surface area contributed by atoms with Crippen molar-refractivity contribution in [1.29, 1.82) is 0 Å². The molecule has 27 heavy (non-hydrogen) atoms. The molecule has 2 aromatic carbocycles. The first-order valence-electron chi connectivity index (χ1n) is 8.24. The number of thiazole rings is 1. The third kappa shape index (κ3) is 3.73. The predicted molar refractivity (Wildman–Crippen MR) is 106 cm³/mol. The summed E-state index contributed by atoms with van der Waals surface area (Å²) in [5.41, 5.74) is 2.89. The molecule has 6 nitrogen and oxygen atoms in total. The minimum atomic E-state index is -0.247. The molecule has 0 radical (unpaired) electrons. The van der Waals surface area contributed by atoms with Crippen LogP contribution in [0.3, 0.4) is 0 Å². The van der Waals surface area contributed by atoms with E-state index in [1.54, 1.807) is 23.4 Å². The zero-order valence-electron chi connectivity index (χ0n) is 14.5. The number of ether oxygens (including phenoxy) is 1. The summed E-state index contributed by atoms with van der Waals surface area (Å²) in [5, 5.41) is 9.63. The highest BCUT2D eigenvalue weighted by molar-refractivity contribution is 7.13. The Hall–Kier alpha value is -3.45. The van der Waals surface area contributed by atoms with E-state index in [0.717, 1.165) is 22.0 Å². The Morgan fingerprint density at radius 3 is 2.74 bits per heavy atom. The van der Waals surface area contributed by atoms with Gasteiger partial charge in [-0.05, 0) is 48.5 Å². The van der Waals surface area contributed by atoms with Crippen LogP contribution in [0.15, 0.2) is 72.4 Å². The summed E-state index contributed by atoms with van der Waals surface area (Å²) in [6, 6.07) is 16.9. The topological polar surface area (TPSA) is 69.0 Å². The SMILES string of the molecule is COc1ccc(-c2nc(C(=O)Nc3cccc(-n4cccn4)c3)cs2)cc1. The molecule has 0 bridgehead atoms. The van der Waals surface area contributed by atoms with E-state index in [0.29, 0.717) is 11.4 Å². The Morgan fingerprint density at radius 2 is 2.00 bits per heavy atom. The first-order chi connectivity index (χ1) is 13.2. The Kier molecular flexibility index (Phi) is 4.67. The second kappa shape index (κ2) is 7.43. The van der Waals surface area contributed by atoms with Gasteiger partial charge in [0.25, 0.3) is 5.91 Å². The quantitative estimate of drug-likeness (QED) is 0.565. The van der Waals surface area contributed by atoms with E-state index in [4.69, 9.17) is 4.74 Å². The lowest BCUT2D eigenvalue weighted by Crippen LogP contribution is -2.12. The molecule has 0 saturated heterocycles. The van der Waals surface area contributed by atoms with Crippen LogP contribution in [0.2, 0.25) is 0 Å². The minimum absolute atomic E-state index is 0.247. The molecule has 4 rings (SSSR count). The third-order valence-corrected chi connectivity index (χ3v) is 4.84. The van der Waals surface area contributed by atoms with Crippen molar-refractivity contribution < 1.29 is 9.53 Å². The van der Waals surface area contributed by atoms with Gasteiger partial charge in [0, 0.05) is 29.0 Å². The van der Waals surface area contributed by atoms with Crippen molar-refractivity contribution in [3.05, 3.63) is 78.1 Å². The van der Waals surface area contributed by atoms with Crippen LogP contribution in [-0.2, 0) is 0 Å². The number of amides is 1. The van der Waals surface area contributed by atoms with Crippen molar-refractivity contribution in [3.63, 3.8) is 0 Å². The van der Waals surface area contributed by atoms with Gasteiger partial charge < -0.3 is 10.1 Å². The van der Waals surface area contributed by atoms with Crippen molar-refractivity contribution in [2.75, 3.05) is 12.4 Å². The number of benzene rings is 2. The molecule has 7 heteroatoms. The summed E-state index contributed by atoms with van der Waals surface area (Å²) in [6.45, 7) is 0. The molecule has 0 aliphatic rings. The molecular formula is C20H16N4O2S. The molecular weight excluding hydrogens is 360 g/mol. The summed E-state index contributed by atoms with van der Waals surface area (Å²) >= 11 is 1.43. The molecule has 0 aliphatic carbocycles. The minimum Gasteiger partial charge on any atom is -0.497 e. The number of anilines is 1. The van der Waals surface area contributed by atoms with Crippen LogP contribution in [0.5, 0.6) is 5.75 Å². The van der Waals surface area contributed by atoms with Crippen molar-refractivity contribution in [3.8, 4) is 22.0 Å². The second-order valence-electron chi connectivity index (χ2n) is 5.72. The number of hydrogen-bond donors (Lipinski definition) is 1. The summed E-state index contributed by atoms with van der Waals surface area (Å²) in [5.74, 6) is 0.536. The molecule has 0 spiro atoms. The number of methoxy groups -OCH3 is 1. The van der Waals surface area contributed by atoms with Gasteiger partial charge in [-0.15, -0.1) is 11.3 Å². The van der Waals surface area contributed by atoms with Crippen LogP contribution in [0.4, 0.5) is 5.69 Å². The molecule has 1 amide bonds. The van der Waals surface area contributed by atoms with Crippen LogP contribution < -0.4 is 10.1 Å². The fraction of sp³-hybridized carbons (Fsp3) is 0.0500. The van der Waals surface area contributed by atoms with E-state index in [1.165, 1.54) is 11.3 Å². The molecule has 2 heterocycles. The number of carbonyl (C=O) groups excluding carboxylic acids is 1. The predicted octanol–water partition coefficient (Wildman–Crippen LogP) is 4.26. The summed E-state index contributed by atoms with van der Waals surface area (Å²) < 4.78 is 6.90. The van der Waals surface area contributed by atoms with Gasteiger partial charge >= 0.3 is 0 Å². The van der Waals surface area contributed by atoms with Crippen LogP contribution >= 0.6 is 11.3 Å². The molecule has 134 valence electrons. The van der Waals surface area contributed by atoms with Gasteiger partial charge in [-0.25, -0.2) is 9.67 Å². The van der Waals surface area contributed by atoms with E-state index in [9.17, 15) is 4.79 Å². The lowest BCUT2D eigenvalue weighted by Gasteiger charge is -2.06. The number of rotatable bonds is 5. The zero-order chi connectivity index (χ0) is 18.6. The average molecular weight is 376 g/mol. The highest BCUT2D eigenvalue weighted by Crippen LogP contribution is 2.26. The lowest BCUT2D eigenvalue weighted by molar-refractivity contribution is 0.102. The molecule has 0 fully saturated rings. The highest BCUT2D eigenvalue weighted by Gasteiger charge is 2.13.